The molecule has 2 saturated heterocycles. The second-order valence-electron chi connectivity index (χ2n) is 5.77. The van der Waals surface area contributed by atoms with E-state index >= 15 is 0 Å². The molecule has 3 nitrogen and oxygen atoms in total. The summed E-state index contributed by atoms with van der Waals surface area (Å²) < 4.78 is 5.86. The van der Waals surface area contributed by atoms with E-state index in [2.05, 4.69) is 31.1 Å². The van der Waals surface area contributed by atoms with Crippen LogP contribution in [0.4, 0.5) is 0 Å². The van der Waals surface area contributed by atoms with Gasteiger partial charge in [-0.05, 0) is 45.6 Å². The summed E-state index contributed by atoms with van der Waals surface area (Å²) in [6.07, 6.45) is 5.62. The van der Waals surface area contributed by atoms with Crippen LogP contribution in [0.3, 0.4) is 0 Å². The maximum Gasteiger partial charge on any atom is 0.0702 e. The fourth-order valence-corrected chi connectivity index (χ4v) is 3.32. The highest BCUT2D eigenvalue weighted by Gasteiger charge is 2.32. The van der Waals surface area contributed by atoms with Crippen molar-refractivity contribution in [1.82, 2.24) is 10.2 Å². The van der Waals surface area contributed by atoms with Crippen molar-refractivity contribution < 1.29 is 4.74 Å². The smallest absolute Gasteiger partial charge is 0.0702 e. The summed E-state index contributed by atoms with van der Waals surface area (Å²) in [5, 5.41) is 3.45. The minimum atomic E-state index is 0.490. The zero-order chi connectivity index (χ0) is 12.3. The fraction of sp³-hybridized carbons (Fsp3) is 1.00. The maximum absolute atomic E-state index is 5.86. The molecule has 0 radical (unpaired) electrons. The first-order chi connectivity index (χ1) is 8.22. The first-order valence-electron chi connectivity index (χ1n) is 7.25. The van der Waals surface area contributed by atoms with Crippen molar-refractivity contribution in [2.75, 3.05) is 26.7 Å². The summed E-state index contributed by atoms with van der Waals surface area (Å²) in [5.74, 6) is 0.734. The molecule has 0 amide bonds. The van der Waals surface area contributed by atoms with Crippen molar-refractivity contribution in [2.45, 2.75) is 57.7 Å². The predicted octanol–water partition coefficient (Wildman–Crippen LogP) is 1.87. The SMILES string of the molecule is CNC1CCN(CC2CCCCO2)C(C)C1C. The third-order valence-corrected chi connectivity index (χ3v) is 4.78. The molecule has 0 aromatic rings. The Balaban J connectivity index is 1.84. The van der Waals surface area contributed by atoms with Gasteiger partial charge in [0.05, 0.1) is 6.10 Å². The number of nitrogens with zero attached hydrogens (tertiary/aromatic N) is 1. The van der Waals surface area contributed by atoms with Crippen LogP contribution in [-0.2, 0) is 4.74 Å². The van der Waals surface area contributed by atoms with Gasteiger partial charge in [0.2, 0.25) is 0 Å². The van der Waals surface area contributed by atoms with Crippen LogP contribution in [0.15, 0.2) is 0 Å². The molecule has 4 unspecified atom stereocenters. The van der Waals surface area contributed by atoms with Crippen LogP contribution in [0.5, 0.6) is 0 Å². The highest BCUT2D eigenvalue weighted by molar-refractivity contribution is 4.89. The molecule has 1 N–H and O–H groups in total. The van der Waals surface area contributed by atoms with Gasteiger partial charge in [0.15, 0.2) is 0 Å². The van der Waals surface area contributed by atoms with E-state index in [1.807, 2.05) is 0 Å². The molecule has 0 bridgehead atoms. The molecule has 17 heavy (non-hydrogen) atoms. The molecule has 0 aromatic heterocycles. The summed E-state index contributed by atoms with van der Waals surface area (Å²) in [5.41, 5.74) is 0. The lowest BCUT2D eigenvalue weighted by molar-refractivity contribution is -0.0277. The van der Waals surface area contributed by atoms with Crippen LogP contribution in [0.1, 0.15) is 39.5 Å². The monoisotopic (exact) mass is 240 g/mol. The van der Waals surface area contributed by atoms with E-state index in [0.29, 0.717) is 18.2 Å². The van der Waals surface area contributed by atoms with Gasteiger partial charge in [-0.1, -0.05) is 6.92 Å². The maximum atomic E-state index is 5.86. The second-order valence-corrected chi connectivity index (χ2v) is 5.77. The summed E-state index contributed by atoms with van der Waals surface area (Å²) in [7, 11) is 2.09. The van der Waals surface area contributed by atoms with Gasteiger partial charge in [-0.2, -0.15) is 0 Å². The first-order valence-corrected chi connectivity index (χ1v) is 7.25. The minimum Gasteiger partial charge on any atom is -0.377 e. The van der Waals surface area contributed by atoms with Crippen molar-refractivity contribution in [1.29, 1.82) is 0 Å². The van der Waals surface area contributed by atoms with Gasteiger partial charge in [-0.25, -0.2) is 0 Å². The largest absolute Gasteiger partial charge is 0.377 e. The molecule has 2 aliphatic rings. The Morgan fingerprint density at radius 3 is 2.71 bits per heavy atom. The van der Waals surface area contributed by atoms with Gasteiger partial charge < -0.3 is 10.1 Å². The standard InChI is InChI=1S/C14H28N2O/c1-11-12(2)16(8-7-14(11)15-3)10-13-6-4-5-9-17-13/h11-15H,4-10H2,1-3H3. The van der Waals surface area contributed by atoms with Crippen LogP contribution in [-0.4, -0.2) is 49.8 Å². The van der Waals surface area contributed by atoms with Gasteiger partial charge in [0, 0.05) is 31.8 Å². The third-order valence-electron chi connectivity index (χ3n) is 4.78. The molecule has 0 aliphatic carbocycles. The number of hydrogen-bond acceptors (Lipinski definition) is 3. The molecule has 2 heterocycles. The molecule has 0 saturated carbocycles. The lowest BCUT2D eigenvalue weighted by Gasteiger charge is -2.44. The number of likely N-dealkylation sites (tertiary alicyclic amines) is 1. The van der Waals surface area contributed by atoms with Crippen LogP contribution >= 0.6 is 0 Å². The molecule has 100 valence electrons. The van der Waals surface area contributed by atoms with Gasteiger partial charge in [-0.15, -0.1) is 0 Å². The Morgan fingerprint density at radius 2 is 2.06 bits per heavy atom. The molecule has 4 atom stereocenters. The van der Waals surface area contributed by atoms with Gasteiger partial charge >= 0.3 is 0 Å². The van der Waals surface area contributed by atoms with E-state index in [-0.39, 0.29) is 0 Å². The summed E-state index contributed by atoms with van der Waals surface area (Å²) in [6, 6.07) is 1.36. The zero-order valence-corrected chi connectivity index (χ0v) is 11.6. The van der Waals surface area contributed by atoms with Crippen molar-refractivity contribution in [3.8, 4) is 0 Å². The van der Waals surface area contributed by atoms with E-state index in [0.717, 1.165) is 19.1 Å². The first kappa shape index (κ1) is 13.3. The van der Waals surface area contributed by atoms with Crippen LogP contribution in [0.2, 0.25) is 0 Å². The predicted molar refractivity (Wildman–Crippen MR) is 71.3 cm³/mol. The Hall–Kier alpha value is -0.120. The second kappa shape index (κ2) is 6.17. The van der Waals surface area contributed by atoms with Crippen molar-refractivity contribution >= 4 is 0 Å². The molecule has 2 fully saturated rings. The van der Waals surface area contributed by atoms with Gasteiger partial charge in [-0.3, -0.25) is 4.90 Å². The molecule has 3 heteroatoms. The average molecular weight is 240 g/mol. The number of hydrogen-bond donors (Lipinski definition) is 1. The van der Waals surface area contributed by atoms with E-state index in [1.54, 1.807) is 0 Å². The minimum absolute atomic E-state index is 0.490. The molecule has 0 spiro atoms. The molecule has 2 aliphatic heterocycles. The summed E-state index contributed by atoms with van der Waals surface area (Å²) in [4.78, 5) is 2.63. The number of piperidine rings is 1. The van der Waals surface area contributed by atoms with E-state index in [9.17, 15) is 0 Å². The van der Waals surface area contributed by atoms with E-state index in [4.69, 9.17) is 4.74 Å². The molecular weight excluding hydrogens is 212 g/mol. The van der Waals surface area contributed by atoms with Gasteiger partial charge in [0.25, 0.3) is 0 Å². The number of ether oxygens (including phenoxy) is 1. The fourth-order valence-electron chi connectivity index (χ4n) is 3.32. The molecular formula is C14H28N2O. The van der Waals surface area contributed by atoms with Crippen molar-refractivity contribution in [3.05, 3.63) is 0 Å². The third kappa shape index (κ3) is 3.21. The quantitative estimate of drug-likeness (QED) is 0.815. The normalized spacial score (nSPS) is 40.4. The van der Waals surface area contributed by atoms with Crippen LogP contribution in [0.25, 0.3) is 0 Å². The Labute approximate surface area is 106 Å². The molecule has 2 rings (SSSR count). The van der Waals surface area contributed by atoms with Crippen LogP contribution < -0.4 is 5.32 Å². The van der Waals surface area contributed by atoms with Gasteiger partial charge in [0.1, 0.15) is 0 Å². The highest BCUT2D eigenvalue weighted by atomic mass is 16.5. The highest BCUT2D eigenvalue weighted by Crippen LogP contribution is 2.25. The molecule has 0 aromatic carbocycles. The average Bonchev–Trinajstić information content (AvgIpc) is 2.37. The summed E-state index contributed by atoms with van der Waals surface area (Å²) in [6.45, 7) is 8.08. The number of nitrogens with one attached hydrogen (secondary N) is 1. The lowest BCUT2D eigenvalue weighted by Crippen LogP contribution is -2.54. The Bertz CT molecular complexity index is 228. The van der Waals surface area contributed by atoms with Crippen LogP contribution in [0, 0.1) is 5.92 Å². The lowest BCUT2D eigenvalue weighted by atomic mass is 9.87. The zero-order valence-electron chi connectivity index (χ0n) is 11.6. The number of rotatable bonds is 3. The van der Waals surface area contributed by atoms with Crippen molar-refractivity contribution in [2.24, 2.45) is 5.92 Å². The Kier molecular flexibility index (Phi) is 4.83. The van der Waals surface area contributed by atoms with E-state index in [1.165, 1.54) is 32.2 Å². The Morgan fingerprint density at radius 1 is 1.24 bits per heavy atom. The van der Waals surface area contributed by atoms with E-state index < -0.39 is 0 Å². The summed E-state index contributed by atoms with van der Waals surface area (Å²) >= 11 is 0. The topological polar surface area (TPSA) is 24.5 Å². The van der Waals surface area contributed by atoms with Crippen molar-refractivity contribution in [3.63, 3.8) is 0 Å².